The Hall–Kier alpha value is -2.70. The molecule has 2 unspecified atom stereocenters. The second-order valence-electron chi connectivity index (χ2n) is 6.65. The number of aryl methyl sites for hydroxylation is 1. The number of aromatic nitrogens is 3. The predicted octanol–water partition coefficient (Wildman–Crippen LogP) is 0.930. The topological polar surface area (TPSA) is 80.1 Å². The molecule has 2 aliphatic rings. The first kappa shape index (κ1) is 15.8. The van der Waals surface area contributed by atoms with Crippen molar-refractivity contribution in [2.45, 2.75) is 31.8 Å². The Morgan fingerprint density at radius 1 is 1.24 bits per heavy atom. The SMILES string of the molecule is O=C1CC(c2ccccc2)N(C(=O)C2CCc3nncn3C2)CCN1. The Balaban J connectivity index is 1.59. The van der Waals surface area contributed by atoms with Crippen LogP contribution in [0.25, 0.3) is 0 Å². The van der Waals surface area contributed by atoms with Gasteiger partial charge in [-0.3, -0.25) is 9.59 Å². The lowest BCUT2D eigenvalue weighted by atomic mass is 9.95. The fourth-order valence-electron chi connectivity index (χ4n) is 3.76. The van der Waals surface area contributed by atoms with Crippen LogP contribution in [-0.2, 0) is 22.6 Å². The largest absolute Gasteiger partial charge is 0.354 e. The smallest absolute Gasteiger partial charge is 0.228 e. The van der Waals surface area contributed by atoms with E-state index in [4.69, 9.17) is 0 Å². The molecule has 0 spiro atoms. The first-order chi connectivity index (χ1) is 12.2. The van der Waals surface area contributed by atoms with Gasteiger partial charge in [-0.2, -0.15) is 0 Å². The summed E-state index contributed by atoms with van der Waals surface area (Å²) in [6, 6.07) is 9.61. The summed E-state index contributed by atoms with van der Waals surface area (Å²) in [5, 5.41) is 10.9. The van der Waals surface area contributed by atoms with Crippen LogP contribution in [0.5, 0.6) is 0 Å². The molecule has 3 heterocycles. The van der Waals surface area contributed by atoms with Gasteiger partial charge in [0.1, 0.15) is 12.2 Å². The highest BCUT2D eigenvalue weighted by Gasteiger charge is 2.35. The van der Waals surface area contributed by atoms with Crippen molar-refractivity contribution >= 4 is 11.8 Å². The molecule has 1 N–H and O–H groups in total. The molecule has 130 valence electrons. The Kier molecular flexibility index (Phi) is 4.21. The number of fused-ring (bicyclic) bond motifs is 1. The molecule has 7 nitrogen and oxygen atoms in total. The van der Waals surface area contributed by atoms with Crippen molar-refractivity contribution in [2.75, 3.05) is 13.1 Å². The van der Waals surface area contributed by atoms with E-state index in [1.807, 2.05) is 39.8 Å². The van der Waals surface area contributed by atoms with Crippen molar-refractivity contribution in [2.24, 2.45) is 5.92 Å². The molecule has 1 aromatic heterocycles. The van der Waals surface area contributed by atoms with E-state index in [2.05, 4.69) is 15.5 Å². The van der Waals surface area contributed by atoms with Gasteiger partial charge < -0.3 is 14.8 Å². The fraction of sp³-hybridized carbons (Fsp3) is 0.444. The van der Waals surface area contributed by atoms with Crippen LogP contribution in [-0.4, -0.2) is 44.6 Å². The van der Waals surface area contributed by atoms with E-state index < -0.39 is 0 Å². The third kappa shape index (κ3) is 3.14. The average Bonchev–Trinajstić information content (AvgIpc) is 3.03. The van der Waals surface area contributed by atoms with E-state index in [1.165, 1.54) is 0 Å². The van der Waals surface area contributed by atoms with E-state index in [0.717, 1.165) is 24.2 Å². The molecule has 0 saturated carbocycles. The fourth-order valence-corrected chi connectivity index (χ4v) is 3.76. The summed E-state index contributed by atoms with van der Waals surface area (Å²) in [5.41, 5.74) is 1.01. The Morgan fingerprint density at radius 3 is 2.92 bits per heavy atom. The maximum atomic E-state index is 13.3. The maximum Gasteiger partial charge on any atom is 0.228 e. The van der Waals surface area contributed by atoms with E-state index >= 15 is 0 Å². The molecule has 4 rings (SSSR count). The lowest BCUT2D eigenvalue weighted by molar-refractivity contribution is -0.139. The number of rotatable bonds is 2. The van der Waals surface area contributed by atoms with E-state index in [-0.39, 0.29) is 23.8 Å². The molecule has 7 heteroatoms. The predicted molar refractivity (Wildman–Crippen MR) is 90.4 cm³/mol. The molecule has 2 aliphatic heterocycles. The van der Waals surface area contributed by atoms with Gasteiger partial charge in [0, 0.05) is 26.1 Å². The van der Waals surface area contributed by atoms with Crippen LogP contribution < -0.4 is 5.32 Å². The van der Waals surface area contributed by atoms with E-state index in [9.17, 15) is 9.59 Å². The number of hydrogen-bond donors (Lipinski definition) is 1. The summed E-state index contributed by atoms with van der Waals surface area (Å²) in [7, 11) is 0. The molecule has 1 saturated heterocycles. The van der Waals surface area contributed by atoms with Crippen LogP contribution in [0, 0.1) is 5.92 Å². The summed E-state index contributed by atoms with van der Waals surface area (Å²) in [5.74, 6) is 0.956. The zero-order valence-corrected chi connectivity index (χ0v) is 14.0. The van der Waals surface area contributed by atoms with Crippen LogP contribution in [0.4, 0.5) is 0 Å². The number of carbonyl (C=O) groups excluding carboxylic acids is 2. The van der Waals surface area contributed by atoms with E-state index in [1.54, 1.807) is 6.33 Å². The third-order valence-electron chi connectivity index (χ3n) is 5.08. The highest BCUT2D eigenvalue weighted by Crippen LogP contribution is 2.29. The van der Waals surface area contributed by atoms with Crippen molar-refractivity contribution < 1.29 is 9.59 Å². The molecule has 1 aromatic carbocycles. The number of hydrogen-bond acceptors (Lipinski definition) is 4. The molecular formula is C18H21N5O2. The Labute approximate surface area is 146 Å². The quantitative estimate of drug-likeness (QED) is 0.883. The molecule has 0 radical (unpaired) electrons. The van der Waals surface area contributed by atoms with Gasteiger partial charge >= 0.3 is 0 Å². The van der Waals surface area contributed by atoms with Gasteiger partial charge in [-0.15, -0.1) is 10.2 Å². The molecular weight excluding hydrogens is 318 g/mol. The maximum absolute atomic E-state index is 13.3. The summed E-state index contributed by atoms with van der Waals surface area (Å²) in [6.45, 7) is 1.65. The number of amides is 2. The summed E-state index contributed by atoms with van der Waals surface area (Å²) < 4.78 is 1.96. The minimum atomic E-state index is -0.210. The second-order valence-corrected chi connectivity index (χ2v) is 6.65. The highest BCUT2D eigenvalue weighted by molar-refractivity contribution is 5.82. The van der Waals surface area contributed by atoms with Crippen LogP contribution in [0.15, 0.2) is 36.7 Å². The van der Waals surface area contributed by atoms with Gasteiger partial charge in [-0.1, -0.05) is 30.3 Å². The second kappa shape index (κ2) is 6.66. The van der Waals surface area contributed by atoms with Crippen molar-refractivity contribution in [1.82, 2.24) is 25.0 Å². The van der Waals surface area contributed by atoms with Gasteiger partial charge in [0.2, 0.25) is 11.8 Å². The normalized spacial score (nSPS) is 23.5. The summed E-state index contributed by atoms with van der Waals surface area (Å²) >= 11 is 0. The van der Waals surface area contributed by atoms with Gasteiger partial charge in [-0.25, -0.2) is 0 Å². The molecule has 1 fully saturated rings. The lowest BCUT2D eigenvalue weighted by Gasteiger charge is -2.34. The monoisotopic (exact) mass is 339 g/mol. The van der Waals surface area contributed by atoms with Crippen LogP contribution in [0.1, 0.15) is 30.3 Å². The zero-order chi connectivity index (χ0) is 17.2. The minimum Gasteiger partial charge on any atom is -0.354 e. The van der Waals surface area contributed by atoms with Crippen molar-refractivity contribution in [3.8, 4) is 0 Å². The first-order valence-corrected chi connectivity index (χ1v) is 8.71. The lowest BCUT2D eigenvalue weighted by Crippen LogP contribution is -2.42. The number of benzene rings is 1. The van der Waals surface area contributed by atoms with Gasteiger partial charge in [0.15, 0.2) is 0 Å². The Morgan fingerprint density at radius 2 is 2.08 bits per heavy atom. The zero-order valence-electron chi connectivity index (χ0n) is 14.0. The molecule has 2 amide bonds. The molecule has 0 aliphatic carbocycles. The van der Waals surface area contributed by atoms with Crippen LogP contribution >= 0.6 is 0 Å². The van der Waals surface area contributed by atoms with Gasteiger partial charge in [0.25, 0.3) is 0 Å². The van der Waals surface area contributed by atoms with E-state index in [0.29, 0.717) is 26.1 Å². The van der Waals surface area contributed by atoms with Crippen molar-refractivity contribution in [3.63, 3.8) is 0 Å². The first-order valence-electron chi connectivity index (χ1n) is 8.71. The van der Waals surface area contributed by atoms with Crippen LogP contribution in [0.3, 0.4) is 0 Å². The Bertz CT molecular complexity index is 773. The van der Waals surface area contributed by atoms with Crippen molar-refractivity contribution in [1.29, 1.82) is 0 Å². The molecule has 25 heavy (non-hydrogen) atoms. The minimum absolute atomic E-state index is 0.00565. The van der Waals surface area contributed by atoms with Crippen molar-refractivity contribution in [3.05, 3.63) is 48.0 Å². The summed E-state index contributed by atoms with van der Waals surface area (Å²) in [4.78, 5) is 27.2. The number of nitrogens with one attached hydrogen (secondary N) is 1. The summed E-state index contributed by atoms with van der Waals surface area (Å²) in [6.07, 6.45) is 3.53. The standard InChI is InChI=1S/C18H21N5O2/c24-17-10-15(13-4-2-1-3-5-13)23(9-8-19-17)18(25)14-6-7-16-21-20-12-22(16)11-14/h1-5,12,14-15H,6-11H2,(H,19,24). The third-order valence-corrected chi connectivity index (χ3v) is 5.08. The average molecular weight is 339 g/mol. The van der Waals surface area contributed by atoms with Gasteiger partial charge in [-0.05, 0) is 12.0 Å². The van der Waals surface area contributed by atoms with Gasteiger partial charge in [0.05, 0.1) is 18.4 Å². The molecule has 2 aromatic rings. The number of nitrogens with zero attached hydrogens (tertiary/aromatic N) is 4. The number of carbonyl (C=O) groups is 2. The molecule has 2 atom stereocenters. The molecule has 0 bridgehead atoms. The van der Waals surface area contributed by atoms with Crippen LogP contribution in [0.2, 0.25) is 0 Å². The highest BCUT2D eigenvalue weighted by atomic mass is 16.2.